The number of carbonyl (C=O) groups excluding carboxylic acids is 4. The Morgan fingerprint density at radius 1 is 0.977 bits per heavy atom. The van der Waals surface area contributed by atoms with Crippen LogP contribution in [0.25, 0.3) is 0 Å². The van der Waals surface area contributed by atoms with E-state index in [1.54, 1.807) is 59.5 Å². The van der Waals surface area contributed by atoms with Gasteiger partial charge in [0, 0.05) is 19.9 Å². The molecule has 1 aliphatic heterocycles. The molecule has 2 N–H and O–H groups in total. The normalized spacial score (nSPS) is 15.2. The summed E-state index contributed by atoms with van der Waals surface area (Å²) in [5.41, 5.74) is 1.88. The predicted octanol–water partition coefficient (Wildman–Crippen LogP) is 5.28. The van der Waals surface area contributed by atoms with Gasteiger partial charge in [-0.3, -0.25) is 9.59 Å². The molecule has 2 atom stereocenters. The highest BCUT2D eigenvalue weighted by atomic mass is 35.5. The van der Waals surface area contributed by atoms with Crippen LogP contribution in [0.5, 0.6) is 11.5 Å². The van der Waals surface area contributed by atoms with Gasteiger partial charge in [0.05, 0.1) is 42.2 Å². The summed E-state index contributed by atoms with van der Waals surface area (Å²) >= 11 is 6.12. The number of rotatable bonds is 11. The second-order valence-corrected chi connectivity index (χ2v) is 10.1. The number of amides is 2. The molecule has 0 aromatic heterocycles. The lowest BCUT2D eigenvalue weighted by Gasteiger charge is -2.31. The average molecular weight is 610 g/mol. The minimum atomic E-state index is -1.14. The van der Waals surface area contributed by atoms with Crippen molar-refractivity contribution in [1.82, 2.24) is 4.90 Å². The van der Waals surface area contributed by atoms with E-state index in [4.69, 9.17) is 30.5 Å². The molecule has 1 fully saturated rings. The maximum absolute atomic E-state index is 13.5. The molecular formula is C31H32ClN3O8. The molecule has 1 heterocycles. The number of urea groups is 1. The Hall–Kier alpha value is -4.61. The predicted molar refractivity (Wildman–Crippen MR) is 159 cm³/mol. The van der Waals surface area contributed by atoms with E-state index in [0.717, 1.165) is 0 Å². The van der Waals surface area contributed by atoms with Crippen molar-refractivity contribution in [2.45, 2.75) is 38.6 Å². The van der Waals surface area contributed by atoms with Crippen LogP contribution in [0, 0.1) is 0 Å². The highest BCUT2D eigenvalue weighted by molar-refractivity contribution is 6.33. The first-order valence-electron chi connectivity index (χ1n) is 13.5. The average Bonchev–Trinajstić information content (AvgIpc) is 3.49. The maximum atomic E-state index is 13.5. The van der Waals surface area contributed by atoms with Crippen molar-refractivity contribution < 1.29 is 38.1 Å². The van der Waals surface area contributed by atoms with Gasteiger partial charge in [0.2, 0.25) is 0 Å². The summed E-state index contributed by atoms with van der Waals surface area (Å²) in [6.07, 6.45) is 0.186. The van der Waals surface area contributed by atoms with E-state index in [1.165, 1.54) is 33.3 Å². The monoisotopic (exact) mass is 609 g/mol. The first kappa shape index (κ1) is 31.3. The molecule has 3 aromatic carbocycles. The second-order valence-electron chi connectivity index (χ2n) is 9.68. The summed E-state index contributed by atoms with van der Waals surface area (Å²) in [7, 11) is 2.76. The van der Waals surface area contributed by atoms with Crippen molar-refractivity contribution >= 4 is 46.7 Å². The highest BCUT2D eigenvalue weighted by Crippen LogP contribution is 2.29. The standard InChI is InChI=1S/C31H32ClN3O8/c1-19(36)42-31(43-22-13-11-21(12-14-22)29(38)41-3)35-16-6-9-26(35)27(37)17-20-10-15-25(28(18-20)40-2)34-30(39)33-24-8-5-4-7-23(24)32/h4-5,7-8,10-15,18,26,31H,6,9,16-17H2,1-3H3,(H2,33,34,39). The van der Waals surface area contributed by atoms with Crippen LogP contribution in [0.15, 0.2) is 66.7 Å². The van der Waals surface area contributed by atoms with Gasteiger partial charge in [-0.2, -0.15) is 0 Å². The molecule has 2 unspecified atom stereocenters. The molecule has 12 heteroatoms. The van der Waals surface area contributed by atoms with Crippen molar-refractivity contribution in [1.29, 1.82) is 0 Å². The Bertz CT molecular complexity index is 1480. The first-order valence-corrected chi connectivity index (χ1v) is 13.9. The van der Waals surface area contributed by atoms with Crippen LogP contribution in [-0.4, -0.2) is 61.9 Å². The third kappa shape index (κ3) is 8.24. The number of halogens is 1. The Morgan fingerprint density at radius 2 is 1.70 bits per heavy atom. The van der Waals surface area contributed by atoms with Gasteiger partial charge in [0.25, 0.3) is 0 Å². The summed E-state index contributed by atoms with van der Waals surface area (Å²) < 4.78 is 21.6. The fourth-order valence-electron chi connectivity index (χ4n) is 4.70. The van der Waals surface area contributed by atoms with Gasteiger partial charge in [0.1, 0.15) is 11.5 Å². The van der Waals surface area contributed by atoms with Gasteiger partial charge in [-0.15, -0.1) is 0 Å². The fraction of sp³-hybridized carbons (Fsp3) is 0.290. The van der Waals surface area contributed by atoms with Gasteiger partial charge in [-0.1, -0.05) is 29.8 Å². The number of ketones is 1. The SMILES string of the molecule is COC(=O)c1ccc(OC(OC(C)=O)N2CCCC2C(=O)Cc2ccc(NC(=O)Nc3ccccc3Cl)c(OC)c2)cc1. The topological polar surface area (TPSA) is 132 Å². The lowest BCUT2D eigenvalue weighted by molar-refractivity contribution is -0.194. The van der Waals surface area contributed by atoms with Crippen LogP contribution in [0.1, 0.15) is 35.7 Å². The maximum Gasteiger partial charge on any atom is 0.337 e. The van der Waals surface area contributed by atoms with Crippen LogP contribution in [0.3, 0.4) is 0 Å². The zero-order valence-electron chi connectivity index (χ0n) is 23.9. The summed E-state index contributed by atoms with van der Waals surface area (Å²) in [4.78, 5) is 51.4. The Morgan fingerprint density at radius 3 is 2.37 bits per heavy atom. The van der Waals surface area contributed by atoms with Gasteiger partial charge >= 0.3 is 24.4 Å². The molecule has 4 rings (SSSR count). The molecule has 0 saturated carbocycles. The van der Waals surface area contributed by atoms with Crippen molar-refractivity contribution in [3.05, 3.63) is 82.9 Å². The molecule has 1 saturated heterocycles. The summed E-state index contributed by atoms with van der Waals surface area (Å²) in [5.74, 6) is -0.434. The van der Waals surface area contributed by atoms with Gasteiger partial charge < -0.3 is 29.6 Å². The quantitative estimate of drug-likeness (QED) is 0.220. The van der Waals surface area contributed by atoms with Gasteiger partial charge in [-0.05, 0) is 66.9 Å². The molecule has 11 nitrogen and oxygen atoms in total. The number of Topliss-reactive ketones (excluding diaryl/α,β-unsaturated/α-hetero) is 1. The molecular weight excluding hydrogens is 578 g/mol. The van der Waals surface area contributed by atoms with Crippen molar-refractivity contribution in [2.24, 2.45) is 0 Å². The molecule has 0 aliphatic carbocycles. The Labute approximate surface area is 254 Å². The number of hydrogen-bond donors (Lipinski definition) is 2. The smallest absolute Gasteiger partial charge is 0.337 e. The number of esters is 2. The highest BCUT2D eigenvalue weighted by Gasteiger charge is 2.38. The fourth-order valence-corrected chi connectivity index (χ4v) is 4.88. The summed E-state index contributed by atoms with van der Waals surface area (Å²) in [6, 6.07) is 17.0. The Kier molecular flexibility index (Phi) is 10.6. The first-order chi connectivity index (χ1) is 20.7. The van der Waals surface area contributed by atoms with E-state index in [0.29, 0.717) is 58.4 Å². The largest absolute Gasteiger partial charge is 0.495 e. The number of carbonyl (C=O) groups is 4. The lowest BCUT2D eigenvalue weighted by atomic mass is 10.0. The third-order valence-electron chi connectivity index (χ3n) is 6.73. The molecule has 226 valence electrons. The second kappa shape index (κ2) is 14.5. The molecule has 3 aromatic rings. The van der Waals surface area contributed by atoms with Crippen LogP contribution < -0.4 is 20.1 Å². The number of hydrogen-bond acceptors (Lipinski definition) is 9. The Balaban J connectivity index is 1.43. The number of nitrogens with zero attached hydrogens (tertiary/aromatic N) is 1. The molecule has 0 bridgehead atoms. The van der Waals surface area contributed by atoms with E-state index < -0.39 is 30.4 Å². The van der Waals surface area contributed by atoms with Crippen molar-refractivity contribution in [3.8, 4) is 11.5 Å². The van der Waals surface area contributed by atoms with Crippen LogP contribution in [0.2, 0.25) is 5.02 Å². The number of likely N-dealkylation sites (tertiary alicyclic amines) is 1. The van der Waals surface area contributed by atoms with E-state index in [9.17, 15) is 19.2 Å². The summed E-state index contributed by atoms with van der Waals surface area (Å²) in [5, 5.41) is 5.82. The van der Waals surface area contributed by atoms with E-state index in [2.05, 4.69) is 10.6 Å². The van der Waals surface area contributed by atoms with E-state index in [1.807, 2.05) is 0 Å². The number of para-hydroxylation sites is 1. The van der Waals surface area contributed by atoms with Crippen LogP contribution in [-0.2, 0) is 25.5 Å². The number of benzene rings is 3. The molecule has 0 radical (unpaired) electrons. The summed E-state index contributed by atoms with van der Waals surface area (Å²) in [6.45, 7) is 1.74. The third-order valence-corrected chi connectivity index (χ3v) is 7.06. The zero-order valence-corrected chi connectivity index (χ0v) is 24.7. The van der Waals surface area contributed by atoms with Crippen molar-refractivity contribution in [2.75, 3.05) is 31.4 Å². The number of ether oxygens (including phenoxy) is 4. The molecule has 1 aliphatic rings. The van der Waals surface area contributed by atoms with Crippen molar-refractivity contribution in [3.63, 3.8) is 0 Å². The molecule has 2 amide bonds. The number of methoxy groups -OCH3 is 2. The van der Waals surface area contributed by atoms with Crippen LogP contribution >= 0.6 is 11.6 Å². The minimum absolute atomic E-state index is 0.0737. The zero-order chi connectivity index (χ0) is 30.9. The van der Waals surface area contributed by atoms with E-state index >= 15 is 0 Å². The van der Waals surface area contributed by atoms with E-state index in [-0.39, 0.29) is 12.2 Å². The minimum Gasteiger partial charge on any atom is -0.495 e. The number of anilines is 2. The van der Waals surface area contributed by atoms with Gasteiger partial charge in [0.15, 0.2) is 5.78 Å². The molecule has 43 heavy (non-hydrogen) atoms. The molecule has 0 spiro atoms. The van der Waals surface area contributed by atoms with Gasteiger partial charge in [-0.25, -0.2) is 14.5 Å². The number of nitrogens with one attached hydrogen (secondary N) is 2. The van der Waals surface area contributed by atoms with Crippen LogP contribution in [0.4, 0.5) is 16.2 Å². The lowest BCUT2D eigenvalue weighted by Crippen LogP contribution is -2.48.